The molecular weight excluding hydrogens is 336 g/mol. The first-order valence-corrected chi connectivity index (χ1v) is 9.33. The zero-order chi connectivity index (χ0) is 17.4. The molecule has 3 N–H and O–H groups in total. The topological polar surface area (TPSA) is 64.3 Å². The normalized spacial score (nSPS) is 18.2. The summed E-state index contributed by atoms with van der Waals surface area (Å²) >= 11 is 0. The number of hydrogen-bond donors (Lipinski definition) is 2. The Balaban J connectivity index is 0.00000312. The van der Waals surface area contributed by atoms with Gasteiger partial charge in [-0.2, -0.15) is 0 Å². The molecule has 1 aliphatic rings. The standard InChI is InChI=1S/C20H32N2O2.ClH/c1-3-24-18(16-9-7-8-10-16)13-14-22-20(23)15(2)19(21)17-11-5-4-6-12-17;/h4-6,11-12,15-16,18-19H,3,7-10,13-14,21H2,1-2H3,(H,22,23);1H. The van der Waals surface area contributed by atoms with Gasteiger partial charge in [-0.25, -0.2) is 0 Å². The summed E-state index contributed by atoms with van der Waals surface area (Å²) in [5, 5.41) is 3.05. The van der Waals surface area contributed by atoms with Gasteiger partial charge in [0.15, 0.2) is 0 Å². The maximum absolute atomic E-state index is 12.4. The number of nitrogens with one attached hydrogen (secondary N) is 1. The van der Waals surface area contributed by atoms with Crippen LogP contribution in [-0.4, -0.2) is 25.2 Å². The Bertz CT molecular complexity index is 492. The van der Waals surface area contributed by atoms with Crippen LogP contribution in [0.3, 0.4) is 0 Å². The number of carbonyl (C=O) groups is 1. The molecule has 2 rings (SSSR count). The van der Waals surface area contributed by atoms with Crippen molar-refractivity contribution in [1.29, 1.82) is 0 Å². The molecule has 1 aliphatic carbocycles. The number of hydrogen-bond acceptors (Lipinski definition) is 3. The highest BCUT2D eigenvalue weighted by molar-refractivity contribution is 5.85. The Hall–Kier alpha value is -1.10. The molecule has 0 aromatic heterocycles. The van der Waals surface area contributed by atoms with E-state index in [2.05, 4.69) is 5.32 Å². The number of ether oxygens (including phenoxy) is 1. The quantitative estimate of drug-likeness (QED) is 0.695. The van der Waals surface area contributed by atoms with Crippen LogP contribution in [0.1, 0.15) is 57.6 Å². The molecule has 3 atom stereocenters. The van der Waals surface area contributed by atoms with Crippen LogP contribution < -0.4 is 11.1 Å². The second-order valence-corrected chi connectivity index (χ2v) is 6.84. The van der Waals surface area contributed by atoms with Crippen molar-refractivity contribution in [1.82, 2.24) is 5.32 Å². The SMILES string of the molecule is CCOC(CCNC(=O)C(C)C(N)c1ccccc1)C1CCCC1.Cl. The predicted molar refractivity (Wildman–Crippen MR) is 105 cm³/mol. The summed E-state index contributed by atoms with van der Waals surface area (Å²) < 4.78 is 5.91. The molecule has 0 heterocycles. The molecule has 0 aliphatic heterocycles. The molecule has 1 saturated carbocycles. The molecule has 1 fully saturated rings. The third kappa shape index (κ3) is 6.61. The van der Waals surface area contributed by atoms with E-state index in [1.165, 1.54) is 25.7 Å². The van der Waals surface area contributed by atoms with Gasteiger partial charge in [0, 0.05) is 19.2 Å². The molecular formula is C20H33ClN2O2. The molecule has 142 valence electrons. The van der Waals surface area contributed by atoms with Gasteiger partial charge in [0.2, 0.25) is 5.91 Å². The fraction of sp³-hybridized carbons (Fsp3) is 0.650. The van der Waals surface area contributed by atoms with E-state index in [9.17, 15) is 4.79 Å². The van der Waals surface area contributed by atoms with E-state index in [0.717, 1.165) is 18.6 Å². The number of benzene rings is 1. The van der Waals surface area contributed by atoms with Gasteiger partial charge < -0.3 is 15.8 Å². The van der Waals surface area contributed by atoms with Crippen molar-refractivity contribution in [3.63, 3.8) is 0 Å². The highest BCUT2D eigenvalue weighted by Gasteiger charge is 2.26. The molecule has 25 heavy (non-hydrogen) atoms. The third-order valence-electron chi connectivity index (χ3n) is 5.17. The summed E-state index contributed by atoms with van der Waals surface area (Å²) in [5.41, 5.74) is 7.23. The first-order valence-electron chi connectivity index (χ1n) is 9.33. The average molecular weight is 369 g/mol. The zero-order valence-electron chi connectivity index (χ0n) is 15.4. The molecule has 1 amide bonds. The molecule has 0 radical (unpaired) electrons. The monoisotopic (exact) mass is 368 g/mol. The zero-order valence-corrected chi connectivity index (χ0v) is 16.3. The smallest absolute Gasteiger partial charge is 0.224 e. The van der Waals surface area contributed by atoms with E-state index in [0.29, 0.717) is 12.5 Å². The molecule has 0 spiro atoms. The minimum Gasteiger partial charge on any atom is -0.378 e. The minimum absolute atomic E-state index is 0. The van der Waals surface area contributed by atoms with Crippen LogP contribution in [-0.2, 0) is 9.53 Å². The Morgan fingerprint density at radius 1 is 1.28 bits per heavy atom. The van der Waals surface area contributed by atoms with Gasteiger partial charge in [-0.15, -0.1) is 12.4 Å². The van der Waals surface area contributed by atoms with E-state index in [1.54, 1.807) is 0 Å². The lowest BCUT2D eigenvalue weighted by molar-refractivity contribution is -0.125. The lowest BCUT2D eigenvalue weighted by atomic mass is 9.94. The van der Waals surface area contributed by atoms with Gasteiger partial charge in [0.1, 0.15) is 0 Å². The highest BCUT2D eigenvalue weighted by Crippen LogP contribution is 2.30. The molecule has 1 aromatic rings. The Morgan fingerprint density at radius 3 is 2.52 bits per heavy atom. The fourth-order valence-electron chi connectivity index (χ4n) is 3.62. The second-order valence-electron chi connectivity index (χ2n) is 6.84. The summed E-state index contributed by atoms with van der Waals surface area (Å²) in [6.07, 6.45) is 6.29. The number of amides is 1. The average Bonchev–Trinajstić information content (AvgIpc) is 3.14. The Kier molecular flexibility index (Phi) is 10.1. The fourth-order valence-corrected chi connectivity index (χ4v) is 3.62. The van der Waals surface area contributed by atoms with Crippen molar-refractivity contribution >= 4 is 18.3 Å². The summed E-state index contributed by atoms with van der Waals surface area (Å²) in [6.45, 7) is 5.34. The second kappa shape index (κ2) is 11.5. The van der Waals surface area contributed by atoms with Crippen molar-refractivity contribution in [2.75, 3.05) is 13.2 Å². The summed E-state index contributed by atoms with van der Waals surface area (Å²) in [4.78, 5) is 12.4. The molecule has 3 unspecified atom stereocenters. The molecule has 0 bridgehead atoms. The Morgan fingerprint density at radius 2 is 1.92 bits per heavy atom. The number of rotatable bonds is 9. The first kappa shape index (κ1) is 21.9. The van der Waals surface area contributed by atoms with Crippen LogP contribution in [0.25, 0.3) is 0 Å². The van der Waals surface area contributed by atoms with E-state index in [1.807, 2.05) is 44.2 Å². The van der Waals surface area contributed by atoms with E-state index >= 15 is 0 Å². The number of nitrogens with two attached hydrogens (primary N) is 1. The summed E-state index contributed by atoms with van der Waals surface area (Å²) in [5.74, 6) is 0.434. The third-order valence-corrected chi connectivity index (χ3v) is 5.17. The predicted octanol–water partition coefficient (Wildman–Crippen LogP) is 3.85. The Labute approximate surface area is 158 Å². The maximum Gasteiger partial charge on any atom is 0.224 e. The summed E-state index contributed by atoms with van der Waals surface area (Å²) in [6, 6.07) is 9.53. The number of halogens is 1. The highest BCUT2D eigenvalue weighted by atomic mass is 35.5. The van der Waals surface area contributed by atoms with Gasteiger partial charge in [0.05, 0.1) is 12.0 Å². The van der Waals surface area contributed by atoms with Gasteiger partial charge in [-0.1, -0.05) is 50.1 Å². The van der Waals surface area contributed by atoms with Crippen LogP contribution in [0.5, 0.6) is 0 Å². The minimum atomic E-state index is -0.274. The van der Waals surface area contributed by atoms with Crippen molar-refractivity contribution in [3.05, 3.63) is 35.9 Å². The lowest BCUT2D eigenvalue weighted by Gasteiger charge is -2.24. The van der Waals surface area contributed by atoms with Gasteiger partial charge in [-0.3, -0.25) is 4.79 Å². The molecule has 5 heteroatoms. The number of carbonyl (C=O) groups excluding carboxylic acids is 1. The van der Waals surface area contributed by atoms with E-state index < -0.39 is 0 Å². The summed E-state index contributed by atoms with van der Waals surface area (Å²) in [7, 11) is 0. The van der Waals surface area contributed by atoms with Crippen LogP contribution >= 0.6 is 12.4 Å². The van der Waals surface area contributed by atoms with Crippen molar-refractivity contribution in [2.45, 2.75) is 58.1 Å². The van der Waals surface area contributed by atoms with Crippen LogP contribution in [0.2, 0.25) is 0 Å². The first-order chi connectivity index (χ1) is 11.6. The maximum atomic E-state index is 12.4. The van der Waals surface area contributed by atoms with Crippen molar-refractivity contribution in [2.24, 2.45) is 17.6 Å². The molecule has 4 nitrogen and oxygen atoms in total. The van der Waals surface area contributed by atoms with E-state index in [4.69, 9.17) is 10.5 Å². The van der Waals surface area contributed by atoms with Gasteiger partial charge in [-0.05, 0) is 37.7 Å². The van der Waals surface area contributed by atoms with Gasteiger partial charge >= 0.3 is 0 Å². The van der Waals surface area contributed by atoms with Gasteiger partial charge in [0.25, 0.3) is 0 Å². The van der Waals surface area contributed by atoms with Crippen LogP contribution in [0.15, 0.2) is 30.3 Å². The van der Waals surface area contributed by atoms with Crippen LogP contribution in [0, 0.1) is 11.8 Å². The lowest BCUT2D eigenvalue weighted by Crippen LogP contribution is -2.37. The van der Waals surface area contributed by atoms with Crippen LogP contribution in [0.4, 0.5) is 0 Å². The van der Waals surface area contributed by atoms with E-state index in [-0.39, 0.29) is 36.4 Å². The van der Waals surface area contributed by atoms with Crippen molar-refractivity contribution < 1.29 is 9.53 Å². The largest absolute Gasteiger partial charge is 0.378 e. The molecule has 1 aromatic carbocycles. The van der Waals surface area contributed by atoms with Crippen molar-refractivity contribution in [3.8, 4) is 0 Å². The molecule has 0 saturated heterocycles.